The van der Waals surface area contributed by atoms with Crippen molar-refractivity contribution in [2.45, 2.75) is 39.2 Å². The van der Waals surface area contributed by atoms with Gasteiger partial charge in [-0.15, -0.1) is 24.0 Å². The maximum atomic E-state index is 5.89. The van der Waals surface area contributed by atoms with E-state index in [0.717, 1.165) is 67.6 Å². The highest BCUT2D eigenvalue weighted by atomic mass is 127. The molecule has 0 radical (unpaired) electrons. The Kier molecular flexibility index (Phi) is 10.0. The minimum Gasteiger partial charge on any atom is -0.490 e. The van der Waals surface area contributed by atoms with Crippen LogP contribution in [0.1, 0.15) is 37.5 Å². The van der Waals surface area contributed by atoms with Crippen molar-refractivity contribution < 1.29 is 13.9 Å². The highest BCUT2D eigenvalue weighted by Crippen LogP contribution is 2.33. The SMILES string of the molecule is CCCCNC(=NCc1cccc2c1OCCCO2)NCCc1ccco1.I. The van der Waals surface area contributed by atoms with Crippen LogP contribution in [0, 0.1) is 0 Å². The Bertz CT molecular complexity index is 720. The summed E-state index contributed by atoms with van der Waals surface area (Å²) < 4.78 is 17.0. The van der Waals surface area contributed by atoms with Crippen molar-refractivity contribution in [2.75, 3.05) is 26.3 Å². The number of ether oxygens (including phenoxy) is 2. The molecule has 154 valence electrons. The topological polar surface area (TPSA) is 68.0 Å². The second kappa shape index (κ2) is 12.5. The molecule has 3 rings (SSSR count). The molecule has 6 nitrogen and oxygen atoms in total. The second-order valence-corrected chi connectivity index (χ2v) is 6.50. The van der Waals surface area contributed by atoms with E-state index in [9.17, 15) is 0 Å². The second-order valence-electron chi connectivity index (χ2n) is 6.50. The zero-order chi connectivity index (χ0) is 18.7. The molecule has 1 aromatic carbocycles. The summed E-state index contributed by atoms with van der Waals surface area (Å²) in [7, 11) is 0. The van der Waals surface area contributed by atoms with Crippen LogP contribution in [-0.4, -0.2) is 32.3 Å². The van der Waals surface area contributed by atoms with Gasteiger partial charge in [0.15, 0.2) is 17.5 Å². The Hall–Kier alpha value is -1.90. The summed E-state index contributed by atoms with van der Waals surface area (Å²) in [4.78, 5) is 4.75. The summed E-state index contributed by atoms with van der Waals surface area (Å²) in [6.07, 6.45) is 5.67. The monoisotopic (exact) mass is 499 g/mol. The van der Waals surface area contributed by atoms with Crippen LogP contribution in [-0.2, 0) is 13.0 Å². The van der Waals surface area contributed by atoms with Crippen molar-refractivity contribution >= 4 is 29.9 Å². The van der Waals surface area contributed by atoms with Gasteiger partial charge in [0, 0.05) is 31.5 Å². The maximum Gasteiger partial charge on any atom is 0.191 e. The van der Waals surface area contributed by atoms with E-state index in [-0.39, 0.29) is 24.0 Å². The Morgan fingerprint density at radius 3 is 2.75 bits per heavy atom. The summed E-state index contributed by atoms with van der Waals surface area (Å²) in [5, 5.41) is 6.79. The molecule has 7 heteroatoms. The maximum absolute atomic E-state index is 5.89. The van der Waals surface area contributed by atoms with E-state index in [1.807, 2.05) is 30.3 Å². The lowest BCUT2D eigenvalue weighted by molar-refractivity contribution is 0.296. The average Bonchev–Trinajstić information content (AvgIpc) is 3.08. The molecule has 0 saturated heterocycles. The van der Waals surface area contributed by atoms with Gasteiger partial charge in [0.2, 0.25) is 0 Å². The van der Waals surface area contributed by atoms with Gasteiger partial charge in [0.05, 0.1) is 26.0 Å². The van der Waals surface area contributed by atoms with Gasteiger partial charge in [0.1, 0.15) is 5.76 Å². The summed E-state index contributed by atoms with van der Waals surface area (Å²) in [5.74, 6) is 3.41. The summed E-state index contributed by atoms with van der Waals surface area (Å²) in [6.45, 7) is 5.75. The van der Waals surface area contributed by atoms with Gasteiger partial charge in [-0.2, -0.15) is 0 Å². The smallest absolute Gasteiger partial charge is 0.191 e. The molecular weight excluding hydrogens is 469 g/mol. The van der Waals surface area contributed by atoms with E-state index in [1.165, 1.54) is 0 Å². The molecule has 2 aromatic rings. The van der Waals surface area contributed by atoms with Gasteiger partial charge in [0.25, 0.3) is 0 Å². The molecule has 0 atom stereocenters. The third-order valence-corrected chi connectivity index (χ3v) is 4.33. The van der Waals surface area contributed by atoms with Crippen molar-refractivity contribution in [3.8, 4) is 11.5 Å². The standard InChI is InChI=1S/C21H29N3O3.HI/c1-2-3-11-22-21(23-12-10-18-8-5-13-25-18)24-16-17-7-4-9-19-20(17)27-15-6-14-26-19;/h4-5,7-9,13H,2-3,6,10-12,14-16H2,1H3,(H2,22,23,24);1H. The zero-order valence-corrected chi connectivity index (χ0v) is 18.7. The van der Waals surface area contributed by atoms with E-state index < -0.39 is 0 Å². The first-order valence-corrected chi connectivity index (χ1v) is 9.79. The van der Waals surface area contributed by atoms with Crippen molar-refractivity contribution in [3.63, 3.8) is 0 Å². The Morgan fingerprint density at radius 2 is 1.93 bits per heavy atom. The Balaban J connectivity index is 0.00000280. The number of aliphatic imine (C=N–C) groups is 1. The Labute approximate surface area is 184 Å². The number of fused-ring (bicyclic) bond motifs is 1. The fourth-order valence-electron chi connectivity index (χ4n) is 2.86. The number of hydrogen-bond donors (Lipinski definition) is 2. The highest BCUT2D eigenvalue weighted by molar-refractivity contribution is 14.0. The minimum atomic E-state index is 0. The number of unbranched alkanes of at least 4 members (excludes halogenated alkanes) is 1. The summed E-state index contributed by atoms with van der Waals surface area (Å²) in [5.41, 5.74) is 1.04. The van der Waals surface area contributed by atoms with Crippen molar-refractivity contribution in [2.24, 2.45) is 4.99 Å². The molecule has 28 heavy (non-hydrogen) atoms. The zero-order valence-electron chi connectivity index (χ0n) is 16.4. The highest BCUT2D eigenvalue weighted by Gasteiger charge is 2.14. The summed E-state index contributed by atoms with van der Waals surface area (Å²) in [6, 6.07) is 9.89. The van der Waals surface area contributed by atoms with Crippen LogP contribution in [0.5, 0.6) is 11.5 Å². The van der Waals surface area contributed by atoms with Gasteiger partial charge >= 0.3 is 0 Å². The lowest BCUT2D eigenvalue weighted by Crippen LogP contribution is -2.38. The van der Waals surface area contributed by atoms with Gasteiger partial charge in [-0.1, -0.05) is 25.5 Å². The predicted octanol–water partition coefficient (Wildman–Crippen LogP) is 4.14. The van der Waals surface area contributed by atoms with E-state index in [1.54, 1.807) is 6.26 Å². The number of rotatable bonds is 8. The number of nitrogens with zero attached hydrogens (tertiary/aromatic N) is 1. The van der Waals surface area contributed by atoms with Gasteiger partial charge < -0.3 is 24.5 Å². The molecule has 0 fully saturated rings. The van der Waals surface area contributed by atoms with Gasteiger partial charge in [-0.05, 0) is 24.6 Å². The molecule has 0 amide bonds. The molecular formula is C21H30IN3O3. The van der Waals surface area contributed by atoms with Crippen LogP contribution < -0.4 is 20.1 Å². The van der Waals surface area contributed by atoms with Gasteiger partial charge in [-0.25, -0.2) is 4.99 Å². The first-order valence-electron chi connectivity index (χ1n) is 9.79. The van der Waals surface area contributed by atoms with Crippen LogP contribution >= 0.6 is 24.0 Å². The fourth-order valence-corrected chi connectivity index (χ4v) is 2.86. The van der Waals surface area contributed by atoms with E-state index in [2.05, 4.69) is 17.6 Å². The predicted molar refractivity (Wildman–Crippen MR) is 122 cm³/mol. The third-order valence-electron chi connectivity index (χ3n) is 4.33. The molecule has 1 aliphatic heterocycles. The van der Waals surface area contributed by atoms with Crippen LogP contribution in [0.15, 0.2) is 46.0 Å². The van der Waals surface area contributed by atoms with Crippen LogP contribution in [0.2, 0.25) is 0 Å². The largest absolute Gasteiger partial charge is 0.490 e. The average molecular weight is 499 g/mol. The lowest BCUT2D eigenvalue weighted by Gasteiger charge is -2.14. The van der Waals surface area contributed by atoms with Crippen molar-refractivity contribution in [3.05, 3.63) is 47.9 Å². The molecule has 0 aliphatic carbocycles. The number of furan rings is 1. The van der Waals surface area contributed by atoms with E-state index >= 15 is 0 Å². The molecule has 0 bridgehead atoms. The first kappa shape index (κ1) is 22.4. The molecule has 2 heterocycles. The lowest BCUT2D eigenvalue weighted by atomic mass is 10.2. The third kappa shape index (κ3) is 6.92. The first-order chi connectivity index (χ1) is 13.4. The van der Waals surface area contributed by atoms with Crippen molar-refractivity contribution in [1.82, 2.24) is 10.6 Å². The molecule has 0 saturated carbocycles. The number of guanidine groups is 1. The number of nitrogens with one attached hydrogen (secondary N) is 2. The molecule has 2 N–H and O–H groups in total. The Morgan fingerprint density at radius 1 is 1.07 bits per heavy atom. The van der Waals surface area contributed by atoms with Crippen LogP contribution in [0.4, 0.5) is 0 Å². The number of para-hydroxylation sites is 1. The normalized spacial score (nSPS) is 13.4. The molecule has 1 aromatic heterocycles. The number of hydrogen-bond acceptors (Lipinski definition) is 4. The molecule has 0 spiro atoms. The summed E-state index contributed by atoms with van der Waals surface area (Å²) >= 11 is 0. The van der Waals surface area contributed by atoms with Gasteiger partial charge in [-0.3, -0.25) is 0 Å². The fraction of sp³-hybridized carbons (Fsp3) is 0.476. The van der Waals surface area contributed by atoms with Crippen molar-refractivity contribution in [1.29, 1.82) is 0 Å². The molecule has 0 unspecified atom stereocenters. The van der Waals surface area contributed by atoms with Crippen LogP contribution in [0.25, 0.3) is 0 Å². The number of halogens is 1. The quantitative estimate of drug-likeness (QED) is 0.248. The van der Waals surface area contributed by atoms with E-state index in [0.29, 0.717) is 19.8 Å². The molecule has 1 aliphatic rings. The number of benzene rings is 1. The van der Waals surface area contributed by atoms with Crippen LogP contribution in [0.3, 0.4) is 0 Å². The minimum absolute atomic E-state index is 0. The van der Waals surface area contributed by atoms with E-state index in [4.69, 9.17) is 18.9 Å².